The standard InChI is InChI=1S/C25H24N2O6/c1-31-20-9-7-16(8-10-20)25(28)26-12-11-17-14-22(32-2)23(33-3)15-21(17)24(26)18-5-4-6-19(13-18)27(29)30/h4-10,13-15,24H,11-12H2,1-3H3/t24-/m0/s1. The summed E-state index contributed by atoms with van der Waals surface area (Å²) >= 11 is 0. The molecule has 0 unspecified atom stereocenters. The normalized spacial score (nSPS) is 14.9. The Kier molecular flexibility index (Phi) is 6.17. The molecule has 1 aliphatic rings. The van der Waals surface area contributed by atoms with Crippen LogP contribution in [0.25, 0.3) is 0 Å². The second-order valence-electron chi connectivity index (χ2n) is 7.64. The monoisotopic (exact) mass is 448 g/mol. The van der Waals surface area contributed by atoms with Crippen molar-refractivity contribution in [2.24, 2.45) is 0 Å². The van der Waals surface area contributed by atoms with Gasteiger partial charge in [-0.25, -0.2) is 0 Å². The zero-order valence-corrected chi connectivity index (χ0v) is 18.6. The number of carbonyl (C=O) groups is 1. The van der Waals surface area contributed by atoms with Gasteiger partial charge in [-0.05, 0) is 59.5 Å². The van der Waals surface area contributed by atoms with Gasteiger partial charge in [0.15, 0.2) is 11.5 Å². The molecule has 4 rings (SSSR count). The molecule has 3 aromatic rings. The van der Waals surface area contributed by atoms with Crippen molar-refractivity contribution in [1.82, 2.24) is 4.90 Å². The third-order valence-electron chi connectivity index (χ3n) is 5.87. The molecule has 1 aliphatic heterocycles. The summed E-state index contributed by atoms with van der Waals surface area (Å²) in [4.78, 5) is 26.3. The van der Waals surface area contributed by atoms with Gasteiger partial charge in [-0.2, -0.15) is 0 Å². The van der Waals surface area contributed by atoms with Crippen LogP contribution in [0.1, 0.15) is 33.1 Å². The molecular weight excluding hydrogens is 424 g/mol. The molecule has 8 heteroatoms. The minimum atomic E-state index is -0.525. The number of rotatable bonds is 6. The molecule has 1 atom stereocenters. The number of carbonyl (C=O) groups excluding carboxylic acids is 1. The lowest BCUT2D eigenvalue weighted by atomic mass is 9.87. The molecule has 0 fully saturated rings. The second kappa shape index (κ2) is 9.20. The van der Waals surface area contributed by atoms with Gasteiger partial charge in [-0.1, -0.05) is 12.1 Å². The van der Waals surface area contributed by atoms with Crippen LogP contribution < -0.4 is 14.2 Å². The van der Waals surface area contributed by atoms with Crippen LogP contribution in [0.5, 0.6) is 17.2 Å². The summed E-state index contributed by atoms with van der Waals surface area (Å²) in [6, 6.07) is 16.6. The van der Waals surface area contributed by atoms with Crippen molar-refractivity contribution in [3.05, 3.63) is 93.0 Å². The van der Waals surface area contributed by atoms with E-state index in [-0.39, 0.29) is 11.6 Å². The lowest BCUT2D eigenvalue weighted by Crippen LogP contribution is -2.40. The van der Waals surface area contributed by atoms with Crippen molar-refractivity contribution in [2.75, 3.05) is 27.9 Å². The fourth-order valence-electron chi connectivity index (χ4n) is 4.23. The van der Waals surface area contributed by atoms with Crippen LogP contribution in [0.4, 0.5) is 5.69 Å². The molecule has 8 nitrogen and oxygen atoms in total. The van der Waals surface area contributed by atoms with Crippen LogP contribution in [0.3, 0.4) is 0 Å². The summed E-state index contributed by atoms with van der Waals surface area (Å²) in [6.07, 6.45) is 0.614. The van der Waals surface area contributed by atoms with Crippen molar-refractivity contribution in [2.45, 2.75) is 12.5 Å². The number of nitro groups is 1. The van der Waals surface area contributed by atoms with Gasteiger partial charge in [-0.15, -0.1) is 0 Å². The van der Waals surface area contributed by atoms with Gasteiger partial charge < -0.3 is 19.1 Å². The summed E-state index contributed by atoms with van der Waals surface area (Å²) in [5, 5.41) is 11.4. The Balaban J connectivity index is 1.85. The summed E-state index contributed by atoms with van der Waals surface area (Å²) in [6.45, 7) is 0.445. The largest absolute Gasteiger partial charge is 0.497 e. The number of ether oxygens (including phenoxy) is 3. The van der Waals surface area contributed by atoms with E-state index in [4.69, 9.17) is 14.2 Å². The van der Waals surface area contributed by atoms with E-state index < -0.39 is 11.0 Å². The van der Waals surface area contributed by atoms with E-state index in [1.54, 1.807) is 62.6 Å². The molecule has 0 saturated carbocycles. The van der Waals surface area contributed by atoms with E-state index in [0.29, 0.717) is 41.3 Å². The molecule has 170 valence electrons. The van der Waals surface area contributed by atoms with E-state index in [2.05, 4.69) is 0 Å². The third-order valence-corrected chi connectivity index (χ3v) is 5.87. The van der Waals surface area contributed by atoms with Crippen LogP contribution in [0.15, 0.2) is 60.7 Å². The Morgan fingerprint density at radius 3 is 2.30 bits per heavy atom. The molecule has 1 heterocycles. The van der Waals surface area contributed by atoms with Gasteiger partial charge in [0.25, 0.3) is 11.6 Å². The van der Waals surface area contributed by atoms with Gasteiger partial charge in [-0.3, -0.25) is 14.9 Å². The van der Waals surface area contributed by atoms with Gasteiger partial charge in [0, 0.05) is 24.2 Å². The lowest BCUT2D eigenvalue weighted by Gasteiger charge is -2.38. The maximum absolute atomic E-state index is 13.6. The SMILES string of the molecule is COc1ccc(C(=O)N2CCc3cc(OC)c(OC)cc3[C@@H]2c2cccc([N+](=O)[O-])c2)cc1. The summed E-state index contributed by atoms with van der Waals surface area (Å²) in [7, 11) is 4.69. The van der Waals surface area contributed by atoms with Crippen LogP contribution >= 0.6 is 0 Å². The molecule has 3 aromatic carbocycles. The molecule has 0 radical (unpaired) electrons. The van der Waals surface area contributed by atoms with Crippen LogP contribution in [-0.2, 0) is 6.42 Å². The number of non-ortho nitro benzene ring substituents is 1. The number of hydrogen-bond donors (Lipinski definition) is 0. The van der Waals surface area contributed by atoms with E-state index in [1.807, 2.05) is 12.1 Å². The topological polar surface area (TPSA) is 91.1 Å². The fraction of sp³-hybridized carbons (Fsp3) is 0.240. The minimum Gasteiger partial charge on any atom is -0.497 e. The van der Waals surface area contributed by atoms with Gasteiger partial charge in [0.1, 0.15) is 5.75 Å². The number of fused-ring (bicyclic) bond motifs is 1. The number of amides is 1. The highest BCUT2D eigenvalue weighted by molar-refractivity contribution is 5.95. The smallest absolute Gasteiger partial charge is 0.269 e. The van der Waals surface area contributed by atoms with Crippen molar-refractivity contribution < 1.29 is 23.9 Å². The fourth-order valence-corrected chi connectivity index (χ4v) is 4.23. The Hall–Kier alpha value is -4.07. The van der Waals surface area contributed by atoms with Gasteiger partial charge >= 0.3 is 0 Å². The first kappa shape index (κ1) is 22.1. The molecule has 0 aliphatic carbocycles. The van der Waals surface area contributed by atoms with E-state index >= 15 is 0 Å². The molecule has 0 N–H and O–H groups in total. The molecular formula is C25H24N2O6. The Bertz CT molecular complexity index is 1190. The summed E-state index contributed by atoms with van der Waals surface area (Å²) < 4.78 is 16.2. The summed E-state index contributed by atoms with van der Waals surface area (Å²) in [5.74, 6) is 1.62. The molecule has 33 heavy (non-hydrogen) atoms. The average molecular weight is 448 g/mol. The first-order chi connectivity index (χ1) is 16.0. The maximum Gasteiger partial charge on any atom is 0.269 e. The highest BCUT2D eigenvalue weighted by atomic mass is 16.6. The average Bonchev–Trinajstić information content (AvgIpc) is 2.86. The van der Waals surface area contributed by atoms with Gasteiger partial charge in [0.05, 0.1) is 32.3 Å². The minimum absolute atomic E-state index is 0.0306. The lowest BCUT2D eigenvalue weighted by molar-refractivity contribution is -0.384. The highest BCUT2D eigenvalue weighted by Crippen LogP contribution is 2.42. The molecule has 1 amide bonds. The van der Waals surface area contributed by atoms with Crippen LogP contribution in [0.2, 0.25) is 0 Å². The predicted octanol–water partition coefficient (Wildman–Crippen LogP) is 4.41. The maximum atomic E-state index is 13.6. The predicted molar refractivity (Wildman–Crippen MR) is 122 cm³/mol. The number of benzene rings is 3. The zero-order valence-electron chi connectivity index (χ0n) is 18.6. The number of methoxy groups -OCH3 is 3. The number of hydrogen-bond acceptors (Lipinski definition) is 6. The van der Waals surface area contributed by atoms with Crippen LogP contribution in [-0.4, -0.2) is 43.6 Å². The number of nitrogens with zero attached hydrogens (tertiary/aromatic N) is 2. The van der Waals surface area contributed by atoms with Crippen molar-refractivity contribution >= 4 is 11.6 Å². The highest BCUT2D eigenvalue weighted by Gasteiger charge is 2.34. The molecule has 0 saturated heterocycles. The molecule has 0 bridgehead atoms. The van der Waals surface area contributed by atoms with E-state index in [1.165, 1.54) is 12.1 Å². The Labute approximate surface area is 191 Å². The Morgan fingerprint density at radius 2 is 1.67 bits per heavy atom. The first-order valence-corrected chi connectivity index (χ1v) is 10.4. The van der Waals surface area contributed by atoms with Crippen molar-refractivity contribution in [3.63, 3.8) is 0 Å². The first-order valence-electron chi connectivity index (χ1n) is 10.4. The van der Waals surface area contributed by atoms with E-state index in [0.717, 1.165) is 11.1 Å². The zero-order chi connectivity index (χ0) is 23.5. The molecule has 0 spiro atoms. The van der Waals surface area contributed by atoms with Crippen molar-refractivity contribution in [1.29, 1.82) is 0 Å². The molecule has 0 aromatic heterocycles. The quantitative estimate of drug-likeness (QED) is 0.410. The third kappa shape index (κ3) is 4.19. The summed E-state index contributed by atoms with van der Waals surface area (Å²) in [5.41, 5.74) is 2.98. The second-order valence-corrected chi connectivity index (χ2v) is 7.64. The number of nitro benzene ring substituents is 1. The van der Waals surface area contributed by atoms with Crippen LogP contribution in [0, 0.1) is 10.1 Å². The Morgan fingerprint density at radius 1 is 0.970 bits per heavy atom. The van der Waals surface area contributed by atoms with E-state index in [9.17, 15) is 14.9 Å². The van der Waals surface area contributed by atoms with Gasteiger partial charge in [0.2, 0.25) is 0 Å². The van der Waals surface area contributed by atoms with Crippen molar-refractivity contribution in [3.8, 4) is 17.2 Å².